The van der Waals surface area contributed by atoms with Crippen LogP contribution < -0.4 is 0 Å². The van der Waals surface area contributed by atoms with Gasteiger partial charge >= 0.3 is 5.97 Å². The van der Waals surface area contributed by atoms with Gasteiger partial charge in [0.05, 0.1) is 48.8 Å². The summed E-state index contributed by atoms with van der Waals surface area (Å²) in [5.41, 5.74) is 0.609. The molecule has 1 aliphatic rings. The molecule has 11 heteroatoms. The largest absolute Gasteiger partial charge is 0.459 e. The molecule has 0 amide bonds. The number of hydrogen-bond acceptors (Lipinski definition) is 11. The van der Waals surface area contributed by atoms with E-state index in [1.807, 2.05) is 6.92 Å². The Balaban J connectivity index is 3.14. The van der Waals surface area contributed by atoms with Gasteiger partial charge in [-0.15, -0.1) is 0 Å². The van der Waals surface area contributed by atoms with Gasteiger partial charge in [0.1, 0.15) is 18.1 Å². The normalized spacial score (nSPS) is 37.5. The number of allylic oxidation sites excluding steroid dienone is 8. The highest BCUT2D eigenvalue weighted by Gasteiger charge is 2.37. The highest BCUT2D eigenvalue weighted by atomic mass is 16.6. The van der Waals surface area contributed by atoms with Crippen LogP contribution in [-0.4, -0.2) is 113 Å². The van der Waals surface area contributed by atoms with Crippen molar-refractivity contribution in [2.75, 3.05) is 0 Å². The molecule has 1 aliphatic heterocycles. The fourth-order valence-corrected chi connectivity index (χ4v) is 5.27. The molecule has 0 aliphatic carbocycles. The van der Waals surface area contributed by atoms with E-state index in [1.165, 1.54) is 13.0 Å². The first kappa shape index (κ1) is 41.8. The molecule has 0 aromatic carbocycles. The van der Waals surface area contributed by atoms with Crippen LogP contribution in [0.15, 0.2) is 60.3 Å². The maximum atomic E-state index is 13.1. The van der Waals surface area contributed by atoms with E-state index in [2.05, 4.69) is 0 Å². The molecule has 0 aromatic rings. The molecule has 0 spiro atoms. The molecular formula is C35H58O11. The number of ether oxygens (including phenoxy) is 1. The van der Waals surface area contributed by atoms with Gasteiger partial charge in [-0.05, 0) is 51.5 Å². The average Bonchev–Trinajstić information content (AvgIpc) is 2.94. The Hall–Kier alpha value is -2.19. The smallest absolute Gasteiger partial charge is 0.314 e. The number of carbonyl (C=O) groups excluding carboxylic acids is 1. The van der Waals surface area contributed by atoms with E-state index >= 15 is 0 Å². The molecule has 0 saturated heterocycles. The van der Waals surface area contributed by atoms with Crippen molar-refractivity contribution in [1.82, 2.24) is 0 Å². The number of esters is 1. The Morgan fingerprint density at radius 1 is 0.717 bits per heavy atom. The monoisotopic (exact) mass is 654 g/mol. The van der Waals surface area contributed by atoms with E-state index in [-0.39, 0.29) is 44.9 Å². The zero-order chi connectivity index (χ0) is 34.6. The molecule has 46 heavy (non-hydrogen) atoms. The van der Waals surface area contributed by atoms with Crippen LogP contribution in [0, 0.1) is 5.92 Å². The number of unbranched alkanes of at least 4 members (excludes halogenated alkanes) is 2. The molecule has 0 bridgehead atoms. The van der Waals surface area contributed by atoms with Gasteiger partial charge in [-0.25, -0.2) is 0 Å². The summed E-state index contributed by atoms with van der Waals surface area (Å²) in [6.07, 6.45) is 4.69. The molecule has 0 fully saturated rings. The summed E-state index contributed by atoms with van der Waals surface area (Å²) in [5, 5.41) is 94.8. The fourth-order valence-electron chi connectivity index (χ4n) is 5.27. The number of carbonyl (C=O) groups is 1. The van der Waals surface area contributed by atoms with E-state index in [4.69, 9.17) is 4.74 Å². The Kier molecular flexibility index (Phi) is 21.1. The quantitative estimate of drug-likeness (QED) is 0.154. The Morgan fingerprint density at radius 2 is 1.20 bits per heavy atom. The topological polar surface area (TPSA) is 208 Å². The average molecular weight is 655 g/mol. The highest BCUT2D eigenvalue weighted by Crippen LogP contribution is 2.24. The minimum Gasteiger partial charge on any atom is -0.459 e. The molecule has 0 aromatic heterocycles. The lowest BCUT2D eigenvalue weighted by atomic mass is 9.87. The van der Waals surface area contributed by atoms with Crippen LogP contribution in [0.2, 0.25) is 0 Å². The number of cyclic esters (lactones) is 1. The van der Waals surface area contributed by atoms with E-state index in [0.717, 1.165) is 12.8 Å². The number of rotatable bonds is 5. The van der Waals surface area contributed by atoms with Gasteiger partial charge < -0.3 is 50.7 Å². The number of aliphatic hydroxyl groups is 9. The first-order valence-electron chi connectivity index (χ1n) is 16.4. The highest BCUT2D eigenvalue weighted by molar-refractivity contribution is 5.74. The lowest BCUT2D eigenvalue weighted by Gasteiger charge is -2.29. The molecule has 0 saturated carbocycles. The summed E-state index contributed by atoms with van der Waals surface area (Å²) in [6, 6.07) is 0. The summed E-state index contributed by atoms with van der Waals surface area (Å²) < 4.78 is 5.42. The van der Waals surface area contributed by atoms with E-state index in [0.29, 0.717) is 12.0 Å². The van der Waals surface area contributed by atoms with Crippen LogP contribution in [-0.2, 0) is 9.53 Å². The van der Waals surface area contributed by atoms with E-state index in [1.54, 1.807) is 55.5 Å². The van der Waals surface area contributed by atoms with Crippen molar-refractivity contribution >= 4 is 5.97 Å². The zero-order valence-corrected chi connectivity index (χ0v) is 27.5. The van der Waals surface area contributed by atoms with Gasteiger partial charge in [-0.3, -0.25) is 4.79 Å². The van der Waals surface area contributed by atoms with Crippen LogP contribution in [0.25, 0.3) is 0 Å². The summed E-state index contributed by atoms with van der Waals surface area (Å²) in [6.45, 7) is 5.18. The van der Waals surface area contributed by atoms with Gasteiger partial charge in [0.25, 0.3) is 0 Å². The van der Waals surface area contributed by atoms with Crippen molar-refractivity contribution < 1.29 is 55.5 Å². The van der Waals surface area contributed by atoms with Crippen molar-refractivity contribution in [2.24, 2.45) is 5.92 Å². The molecule has 9 N–H and O–H groups in total. The second-order valence-electron chi connectivity index (χ2n) is 12.4. The van der Waals surface area contributed by atoms with Crippen LogP contribution in [0.3, 0.4) is 0 Å². The first-order chi connectivity index (χ1) is 21.7. The SMILES string of the molecule is CCCCCC(O)C1C(=O)OC(C)C(O)/C=C/C=C/C=C/C=C/C=C(C)C(O)CC(O)CC(O)CC(O)CC(O)CC(O)CC1O. The van der Waals surface area contributed by atoms with Crippen LogP contribution >= 0.6 is 0 Å². The summed E-state index contributed by atoms with van der Waals surface area (Å²) in [7, 11) is 0. The third kappa shape index (κ3) is 17.7. The Morgan fingerprint density at radius 3 is 1.74 bits per heavy atom. The zero-order valence-electron chi connectivity index (χ0n) is 27.5. The lowest BCUT2D eigenvalue weighted by molar-refractivity contribution is -0.168. The van der Waals surface area contributed by atoms with Gasteiger partial charge in [-0.1, -0.05) is 80.9 Å². The van der Waals surface area contributed by atoms with Crippen LogP contribution in [0.4, 0.5) is 0 Å². The Bertz CT molecular complexity index is 991. The predicted octanol–water partition coefficient (Wildman–Crippen LogP) is 1.89. The minimum absolute atomic E-state index is 0.0162. The second kappa shape index (κ2) is 23.2. The third-order valence-electron chi connectivity index (χ3n) is 8.03. The first-order valence-corrected chi connectivity index (χ1v) is 16.4. The molecule has 0 radical (unpaired) electrons. The molecule has 11 unspecified atom stereocenters. The van der Waals surface area contributed by atoms with Gasteiger partial charge in [-0.2, -0.15) is 0 Å². The predicted molar refractivity (Wildman–Crippen MR) is 175 cm³/mol. The van der Waals surface area contributed by atoms with Crippen molar-refractivity contribution in [3.05, 3.63) is 60.3 Å². The molecule has 264 valence electrons. The molecule has 1 rings (SSSR count). The molecule has 11 nitrogen and oxygen atoms in total. The molecule has 1 heterocycles. The van der Waals surface area contributed by atoms with Crippen molar-refractivity contribution in [3.8, 4) is 0 Å². The van der Waals surface area contributed by atoms with Crippen LogP contribution in [0.1, 0.15) is 85.0 Å². The molecule has 11 atom stereocenters. The van der Waals surface area contributed by atoms with E-state index < -0.39 is 72.9 Å². The number of aliphatic hydroxyl groups excluding tert-OH is 9. The van der Waals surface area contributed by atoms with Crippen molar-refractivity contribution in [1.29, 1.82) is 0 Å². The lowest BCUT2D eigenvalue weighted by Crippen LogP contribution is -2.43. The maximum Gasteiger partial charge on any atom is 0.314 e. The van der Waals surface area contributed by atoms with Gasteiger partial charge in [0.2, 0.25) is 0 Å². The molecular weight excluding hydrogens is 596 g/mol. The van der Waals surface area contributed by atoms with Crippen molar-refractivity contribution in [2.45, 2.75) is 146 Å². The standard InChI is InChI=1S/C35H58O11/c1-4-5-11-16-31(42)34-33(44)22-29(40)20-27(38)18-25(36)17-26(37)19-28(39)21-32(43)23(2)14-12-9-7-6-8-10-13-15-30(41)24(3)46-35(34)45/h6-10,12-15,24-34,36-44H,4-5,11,16-22H2,1-3H3/b7-6+,10-8+,12-9+,15-13+,23-14?. The van der Waals surface area contributed by atoms with Crippen molar-refractivity contribution in [3.63, 3.8) is 0 Å². The van der Waals surface area contributed by atoms with Crippen LogP contribution in [0.5, 0.6) is 0 Å². The number of hydrogen-bond donors (Lipinski definition) is 9. The summed E-state index contributed by atoms with van der Waals surface area (Å²) in [5.74, 6) is -2.33. The third-order valence-corrected chi connectivity index (χ3v) is 8.03. The second-order valence-corrected chi connectivity index (χ2v) is 12.4. The fraction of sp³-hybridized carbons (Fsp3) is 0.686. The maximum absolute atomic E-state index is 13.1. The van der Waals surface area contributed by atoms with Gasteiger partial charge in [0.15, 0.2) is 0 Å². The summed E-state index contributed by atoms with van der Waals surface area (Å²) >= 11 is 0. The minimum atomic E-state index is -1.52. The Labute approximate surface area is 273 Å². The van der Waals surface area contributed by atoms with E-state index in [9.17, 15) is 50.8 Å². The summed E-state index contributed by atoms with van der Waals surface area (Å²) in [4.78, 5) is 13.1. The van der Waals surface area contributed by atoms with Gasteiger partial charge in [0, 0.05) is 12.8 Å².